The average molecular weight is 634 g/mol. The van der Waals surface area contributed by atoms with Crippen molar-refractivity contribution in [1.29, 1.82) is 5.26 Å². The lowest BCUT2D eigenvalue weighted by atomic mass is 10.1. The second-order valence-electron chi connectivity index (χ2n) is 9.91. The highest BCUT2D eigenvalue weighted by Crippen LogP contribution is 2.37. The van der Waals surface area contributed by atoms with Gasteiger partial charge in [0.15, 0.2) is 0 Å². The van der Waals surface area contributed by atoms with Crippen LogP contribution < -0.4 is 15.4 Å². The molecule has 0 aliphatic heterocycles. The van der Waals surface area contributed by atoms with Gasteiger partial charge in [0.1, 0.15) is 30.0 Å². The molecule has 0 atom stereocenters. The van der Waals surface area contributed by atoms with E-state index >= 15 is 0 Å². The summed E-state index contributed by atoms with van der Waals surface area (Å²) in [6.45, 7) is 3.08. The smallest absolute Gasteiger partial charge is 0.248 e. The van der Waals surface area contributed by atoms with Crippen molar-refractivity contribution in [2.45, 2.75) is 6.61 Å². The fourth-order valence-electron chi connectivity index (χ4n) is 4.39. The van der Waals surface area contributed by atoms with Crippen molar-refractivity contribution in [2.24, 2.45) is 0 Å². The highest BCUT2D eigenvalue weighted by atomic mass is 35.5. The van der Waals surface area contributed by atoms with Crippen molar-refractivity contribution in [1.82, 2.24) is 9.88 Å². The summed E-state index contributed by atoms with van der Waals surface area (Å²) in [5.41, 5.74) is 2.39. The minimum atomic E-state index is -0.442. The molecule has 0 fully saturated rings. The van der Waals surface area contributed by atoms with Crippen LogP contribution in [-0.4, -0.2) is 68.0 Å². The Labute approximate surface area is 265 Å². The minimum Gasteiger partial charge on any atom is -0.506 e. The molecule has 1 heterocycles. The third-order valence-corrected chi connectivity index (χ3v) is 7.00. The fraction of sp³-hybridized carbons (Fsp3) is 0.242. The molecule has 0 aliphatic carbocycles. The summed E-state index contributed by atoms with van der Waals surface area (Å²) in [4.78, 5) is 19.1. The number of halogens is 2. The molecule has 0 bridgehead atoms. The van der Waals surface area contributed by atoms with E-state index in [9.17, 15) is 19.6 Å². The first kappa shape index (κ1) is 33.2. The molecule has 4 aromatic rings. The summed E-state index contributed by atoms with van der Waals surface area (Å²) in [5.74, 6) is -0.583. The summed E-state index contributed by atoms with van der Waals surface area (Å²) < 4.78 is 29.5. The average Bonchev–Trinajstić information content (AvgIpc) is 3.02. The Hall–Kier alpha value is -4.73. The summed E-state index contributed by atoms with van der Waals surface area (Å²) in [7, 11) is 3.26. The number of amides is 1. The Balaban J connectivity index is 1.51. The second-order valence-corrected chi connectivity index (χ2v) is 10.3. The molecule has 0 radical (unpaired) electrons. The Bertz CT molecular complexity index is 1700. The Kier molecular flexibility index (Phi) is 12.1. The summed E-state index contributed by atoms with van der Waals surface area (Å²) >= 11 is 6.48. The van der Waals surface area contributed by atoms with Crippen molar-refractivity contribution in [3.63, 3.8) is 0 Å². The highest BCUT2D eigenvalue weighted by Gasteiger charge is 2.15. The van der Waals surface area contributed by atoms with E-state index in [1.807, 2.05) is 0 Å². The van der Waals surface area contributed by atoms with Gasteiger partial charge >= 0.3 is 0 Å². The van der Waals surface area contributed by atoms with Crippen LogP contribution in [-0.2, 0) is 20.9 Å². The molecule has 3 N–H and O–H groups in total. The standard InChI is InChI=1S/C33H33ClFN5O5/c1-43-13-11-40(12-14-44-2)10-4-7-32(42)39-29-17-26-28(18-30(29)41)37-20-23(19-36)33(26)38-25-8-9-31(27(34)16-25)45-21-22-5-3-6-24(35)15-22/h3-9,15-18,20,41H,10-14,21H2,1-2H3,(H,37,38)(H,39,42)/b7-4+. The number of hydrogen-bond donors (Lipinski definition) is 3. The summed E-state index contributed by atoms with van der Waals surface area (Å²) in [5, 5.41) is 27.1. The van der Waals surface area contributed by atoms with Crippen molar-refractivity contribution in [3.8, 4) is 17.6 Å². The van der Waals surface area contributed by atoms with Crippen LogP contribution in [0.5, 0.6) is 11.5 Å². The number of carbonyl (C=O) groups is 1. The van der Waals surface area contributed by atoms with Gasteiger partial charge in [0.25, 0.3) is 0 Å². The number of nitriles is 1. The SMILES string of the molecule is COCCN(C/C=C/C(=O)Nc1cc2c(Nc3ccc(OCc4cccc(F)c4)c(Cl)c3)c(C#N)cnc2cc1O)CCOC. The number of nitrogens with zero attached hydrogens (tertiary/aromatic N) is 3. The van der Waals surface area contributed by atoms with Gasteiger partial charge in [-0.2, -0.15) is 5.26 Å². The third kappa shape index (κ3) is 9.38. The third-order valence-electron chi connectivity index (χ3n) is 6.70. The largest absolute Gasteiger partial charge is 0.506 e. The lowest BCUT2D eigenvalue weighted by molar-refractivity contribution is -0.111. The number of aromatic nitrogens is 1. The van der Waals surface area contributed by atoms with Crippen LogP contribution in [0.4, 0.5) is 21.5 Å². The van der Waals surface area contributed by atoms with Crippen molar-refractivity contribution in [2.75, 3.05) is 57.7 Å². The van der Waals surface area contributed by atoms with Crippen LogP contribution in [0.3, 0.4) is 0 Å². The molecule has 1 aromatic heterocycles. The number of benzene rings is 3. The molecule has 3 aromatic carbocycles. The summed E-state index contributed by atoms with van der Waals surface area (Å²) in [6.07, 6.45) is 4.50. The summed E-state index contributed by atoms with van der Waals surface area (Å²) in [6, 6.07) is 16.2. The predicted octanol–water partition coefficient (Wildman–Crippen LogP) is 6.02. The molecule has 4 rings (SSSR count). The number of ether oxygens (including phenoxy) is 3. The van der Waals surface area contributed by atoms with Crippen LogP contribution in [0.15, 0.2) is 72.9 Å². The number of aromatic hydroxyl groups is 1. The van der Waals surface area contributed by atoms with Crippen LogP contribution in [0, 0.1) is 17.1 Å². The van der Waals surface area contributed by atoms with Gasteiger partial charge in [-0.1, -0.05) is 29.8 Å². The number of rotatable bonds is 15. The number of hydrogen-bond acceptors (Lipinski definition) is 9. The topological polar surface area (TPSA) is 129 Å². The van der Waals surface area contributed by atoms with Crippen molar-refractivity contribution >= 4 is 45.5 Å². The molecule has 0 saturated heterocycles. The van der Waals surface area contributed by atoms with E-state index in [0.29, 0.717) is 71.5 Å². The number of nitrogens with one attached hydrogen (secondary N) is 2. The van der Waals surface area contributed by atoms with E-state index in [-0.39, 0.29) is 29.4 Å². The van der Waals surface area contributed by atoms with Gasteiger partial charge in [-0.3, -0.25) is 14.7 Å². The van der Waals surface area contributed by atoms with Crippen molar-refractivity contribution in [3.05, 3.63) is 94.9 Å². The molecule has 0 unspecified atom stereocenters. The molecule has 0 aliphatic rings. The normalized spacial score (nSPS) is 11.2. The molecule has 0 saturated carbocycles. The number of methoxy groups -OCH3 is 2. The van der Waals surface area contributed by atoms with Gasteiger partial charge in [-0.15, -0.1) is 0 Å². The zero-order valence-electron chi connectivity index (χ0n) is 24.8. The number of carbonyl (C=O) groups excluding carboxylic acids is 1. The van der Waals surface area contributed by atoms with E-state index in [4.69, 9.17) is 25.8 Å². The van der Waals surface area contributed by atoms with E-state index < -0.39 is 5.91 Å². The van der Waals surface area contributed by atoms with E-state index in [1.54, 1.807) is 56.7 Å². The number of fused-ring (bicyclic) bond motifs is 1. The lowest BCUT2D eigenvalue weighted by Gasteiger charge is -2.19. The first-order chi connectivity index (χ1) is 21.8. The Morgan fingerprint density at radius 3 is 2.60 bits per heavy atom. The van der Waals surface area contributed by atoms with Crippen molar-refractivity contribution < 1.29 is 28.5 Å². The maximum Gasteiger partial charge on any atom is 0.248 e. The van der Waals surface area contributed by atoms with Crippen LogP contribution in [0.1, 0.15) is 11.1 Å². The zero-order chi connectivity index (χ0) is 32.2. The van der Waals surface area contributed by atoms with Gasteiger partial charge in [-0.25, -0.2) is 4.39 Å². The first-order valence-electron chi connectivity index (χ1n) is 14.0. The molecule has 1 amide bonds. The number of phenolic OH excluding ortho intramolecular Hbond substituents is 1. The van der Waals surface area contributed by atoms with Crippen LogP contribution in [0.25, 0.3) is 10.9 Å². The zero-order valence-corrected chi connectivity index (χ0v) is 25.6. The fourth-order valence-corrected chi connectivity index (χ4v) is 4.63. The number of phenols is 1. The number of pyridine rings is 1. The second kappa shape index (κ2) is 16.4. The minimum absolute atomic E-state index is 0.130. The molecule has 12 heteroatoms. The maximum atomic E-state index is 13.5. The van der Waals surface area contributed by atoms with Crippen LogP contribution in [0.2, 0.25) is 5.02 Å². The van der Waals surface area contributed by atoms with Crippen LogP contribution >= 0.6 is 11.6 Å². The van der Waals surface area contributed by atoms with Gasteiger partial charge < -0.3 is 30.0 Å². The molecule has 45 heavy (non-hydrogen) atoms. The predicted molar refractivity (Wildman–Crippen MR) is 172 cm³/mol. The van der Waals surface area contributed by atoms with Gasteiger partial charge in [0.05, 0.1) is 40.7 Å². The highest BCUT2D eigenvalue weighted by molar-refractivity contribution is 6.32. The quantitative estimate of drug-likeness (QED) is 0.106. The van der Waals surface area contributed by atoms with Gasteiger partial charge in [-0.05, 0) is 42.0 Å². The van der Waals surface area contributed by atoms with Gasteiger partial charge in [0.2, 0.25) is 5.91 Å². The lowest BCUT2D eigenvalue weighted by Crippen LogP contribution is -2.31. The molecule has 10 nitrogen and oxygen atoms in total. The maximum absolute atomic E-state index is 13.5. The van der Waals surface area contributed by atoms with Gasteiger partial charge in [0, 0.05) is 63.3 Å². The van der Waals surface area contributed by atoms with E-state index in [0.717, 1.165) is 0 Å². The molecular formula is C33H33ClFN5O5. The monoisotopic (exact) mass is 633 g/mol. The molecule has 234 valence electrons. The number of anilines is 3. The van der Waals surface area contributed by atoms with E-state index in [1.165, 1.54) is 30.5 Å². The molecule has 0 spiro atoms. The molecular weight excluding hydrogens is 601 g/mol. The Morgan fingerprint density at radius 1 is 1.13 bits per heavy atom. The Morgan fingerprint density at radius 2 is 1.91 bits per heavy atom. The van der Waals surface area contributed by atoms with E-state index in [2.05, 4.69) is 26.6 Å². The first-order valence-corrected chi connectivity index (χ1v) is 14.4.